The number of amides is 1. The zero-order valence-corrected chi connectivity index (χ0v) is 30.0. The quantitative estimate of drug-likeness (QED) is 0.171. The lowest BCUT2D eigenvalue weighted by molar-refractivity contribution is -0.195. The number of nitrogens with one attached hydrogen (secondary N) is 1. The lowest BCUT2D eigenvalue weighted by Gasteiger charge is -2.53. The van der Waals surface area contributed by atoms with Crippen LogP contribution in [0.5, 0.6) is 11.6 Å². The first-order chi connectivity index (χ1) is 25.7. The molecule has 3 aromatic rings. The molecule has 14 heteroatoms. The van der Waals surface area contributed by atoms with Gasteiger partial charge in [-0.15, -0.1) is 10.2 Å². The van der Waals surface area contributed by atoms with Crippen molar-refractivity contribution in [2.24, 2.45) is 23.2 Å². The van der Waals surface area contributed by atoms with Crippen LogP contribution in [0, 0.1) is 35.0 Å². The van der Waals surface area contributed by atoms with Crippen molar-refractivity contribution in [1.29, 1.82) is 0 Å². The maximum atomic E-state index is 13.2. The van der Waals surface area contributed by atoms with Gasteiger partial charge in [0, 0.05) is 12.6 Å². The van der Waals surface area contributed by atoms with E-state index in [1.54, 1.807) is 6.07 Å². The molecule has 7 rings (SSSR count). The third-order valence-electron chi connectivity index (χ3n) is 12.2. The van der Waals surface area contributed by atoms with Crippen LogP contribution in [-0.4, -0.2) is 84.7 Å². The number of ether oxygens (including phenoxy) is 2. The van der Waals surface area contributed by atoms with Gasteiger partial charge in [-0.2, -0.15) is 13.2 Å². The Morgan fingerprint density at radius 1 is 1.07 bits per heavy atom. The number of aromatic hydroxyl groups is 1. The summed E-state index contributed by atoms with van der Waals surface area (Å²) in [6, 6.07) is 11.8. The second-order valence-electron chi connectivity index (χ2n) is 15.4. The number of benzene rings is 1. The van der Waals surface area contributed by atoms with Gasteiger partial charge in [-0.3, -0.25) is 4.79 Å². The number of carbonyl (C=O) groups is 1. The highest BCUT2D eigenvalue weighted by atomic mass is 19.4. The van der Waals surface area contributed by atoms with Gasteiger partial charge in [0.2, 0.25) is 5.88 Å². The Labute approximate surface area is 311 Å². The van der Waals surface area contributed by atoms with Gasteiger partial charge in [-0.25, -0.2) is 4.98 Å². The van der Waals surface area contributed by atoms with Crippen molar-refractivity contribution in [3.8, 4) is 23.5 Å². The van der Waals surface area contributed by atoms with Gasteiger partial charge in [-0.1, -0.05) is 25.0 Å². The average Bonchev–Trinajstić information content (AvgIpc) is 3.45. The largest absolute Gasteiger partial charge is 0.508 e. The number of rotatable bonds is 7. The normalized spacial score (nSPS) is 33.0. The number of carbonyl (C=O) groups excluding carboxylic acids is 1. The second kappa shape index (κ2) is 15.1. The van der Waals surface area contributed by atoms with Crippen LogP contribution >= 0.6 is 0 Å². The fourth-order valence-corrected chi connectivity index (χ4v) is 9.42. The van der Waals surface area contributed by atoms with E-state index < -0.39 is 54.2 Å². The van der Waals surface area contributed by atoms with Crippen molar-refractivity contribution in [3.63, 3.8) is 0 Å². The number of aliphatic hydroxyl groups is 3. The highest BCUT2D eigenvalue weighted by Gasteiger charge is 2.56. The Bertz CT molecular complexity index is 1900. The van der Waals surface area contributed by atoms with Crippen LogP contribution in [0.3, 0.4) is 0 Å². The molecule has 1 aromatic carbocycles. The van der Waals surface area contributed by atoms with E-state index in [0.29, 0.717) is 30.2 Å². The van der Waals surface area contributed by atoms with E-state index in [4.69, 9.17) is 9.47 Å². The molecule has 3 heterocycles. The SMILES string of the molecule is C[C@H]1O[C@H](C#Cc2ccc(C(=O)NCCCC3Cc4cc(O)ccc4C4CC[C@@]5(C)C(CC[C@@H]5O)C34)nn2)[C@H](Oc2cccc(C(F)(F)F)n2)[C@@H](O)[C@H]1O. The number of pyridine rings is 1. The maximum Gasteiger partial charge on any atom is 0.433 e. The zero-order chi connectivity index (χ0) is 38.4. The van der Waals surface area contributed by atoms with Gasteiger partial charge < -0.3 is 35.2 Å². The van der Waals surface area contributed by atoms with E-state index in [1.165, 1.54) is 36.2 Å². The predicted molar refractivity (Wildman–Crippen MR) is 188 cm³/mol. The van der Waals surface area contributed by atoms with Crippen molar-refractivity contribution < 1.29 is 47.9 Å². The number of fused-ring (bicyclic) bond motifs is 5. The molecule has 1 amide bonds. The molecule has 1 saturated heterocycles. The van der Waals surface area contributed by atoms with Crippen LogP contribution in [0.25, 0.3) is 0 Å². The van der Waals surface area contributed by atoms with Gasteiger partial charge >= 0.3 is 6.18 Å². The number of aromatic nitrogens is 3. The van der Waals surface area contributed by atoms with E-state index in [1.807, 2.05) is 6.07 Å². The first-order valence-corrected chi connectivity index (χ1v) is 18.6. The Morgan fingerprint density at radius 2 is 1.89 bits per heavy atom. The molecule has 5 N–H and O–H groups in total. The number of hydrogen-bond donors (Lipinski definition) is 5. The number of phenols is 1. The fraction of sp³-hybridized carbons (Fsp3) is 0.550. The third kappa shape index (κ3) is 7.51. The molecule has 1 aliphatic heterocycles. The summed E-state index contributed by atoms with van der Waals surface area (Å²) in [7, 11) is 0. The van der Waals surface area contributed by atoms with Crippen LogP contribution in [0.4, 0.5) is 13.2 Å². The summed E-state index contributed by atoms with van der Waals surface area (Å²) in [5.74, 6) is 6.56. The lowest BCUT2D eigenvalue weighted by atomic mass is 9.52. The monoisotopic (exact) mass is 750 g/mol. The van der Waals surface area contributed by atoms with Gasteiger partial charge in [0.15, 0.2) is 17.9 Å². The Balaban J connectivity index is 0.970. The minimum absolute atomic E-state index is 0.0812. The van der Waals surface area contributed by atoms with Gasteiger partial charge in [0.25, 0.3) is 5.91 Å². The number of phenolic OH excluding ortho intramolecular Hbond substituents is 1. The van der Waals surface area contributed by atoms with Crippen LogP contribution in [0.1, 0.15) is 91.3 Å². The van der Waals surface area contributed by atoms with Gasteiger partial charge in [-0.05, 0) is 128 Å². The average molecular weight is 751 g/mol. The molecule has 3 fully saturated rings. The molecule has 4 aliphatic rings. The smallest absolute Gasteiger partial charge is 0.433 e. The highest BCUT2D eigenvalue weighted by molar-refractivity contribution is 5.92. The van der Waals surface area contributed by atoms with E-state index in [0.717, 1.165) is 57.1 Å². The number of hydrogen-bond acceptors (Lipinski definition) is 10. The zero-order valence-electron chi connectivity index (χ0n) is 30.0. The van der Waals surface area contributed by atoms with Crippen LogP contribution < -0.4 is 10.1 Å². The summed E-state index contributed by atoms with van der Waals surface area (Å²) in [4.78, 5) is 16.5. The topological polar surface area (TPSA) is 167 Å². The Kier molecular flexibility index (Phi) is 10.6. The van der Waals surface area contributed by atoms with Crippen molar-refractivity contribution >= 4 is 5.91 Å². The molecular weight excluding hydrogens is 705 g/mol. The summed E-state index contributed by atoms with van der Waals surface area (Å²) >= 11 is 0. The molecule has 2 aromatic heterocycles. The predicted octanol–water partition coefficient (Wildman–Crippen LogP) is 4.56. The molecule has 4 unspecified atom stereocenters. The van der Waals surface area contributed by atoms with Crippen molar-refractivity contribution in [2.75, 3.05) is 6.54 Å². The van der Waals surface area contributed by atoms with Gasteiger partial charge in [0.1, 0.15) is 29.3 Å². The number of aliphatic hydroxyl groups excluding tert-OH is 3. The second-order valence-corrected chi connectivity index (χ2v) is 15.4. The molecule has 2 saturated carbocycles. The molecule has 3 aliphatic carbocycles. The van der Waals surface area contributed by atoms with Crippen LogP contribution in [-0.2, 0) is 17.3 Å². The van der Waals surface area contributed by atoms with Crippen molar-refractivity contribution in [1.82, 2.24) is 20.5 Å². The van der Waals surface area contributed by atoms with E-state index >= 15 is 0 Å². The van der Waals surface area contributed by atoms with E-state index in [2.05, 4.69) is 45.3 Å². The fourth-order valence-electron chi connectivity index (χ4n) is 9.42. The van der Waals surface area contributed by atoms with E-state index in [9.17, 15) is 38.4 Å². The Morgan fingerprint density at radius 3 is 2.65 bits per heavy atom. The molecule has 11 nitrogen and oxygen atoms in total. The minimum atomic E-state index is -4.71. The molecule has 0 bridgehead atoms. The molecule has 288 valence electrons. The summed E-state index contributed by atoms with van der Waals surface area (Å²) in [6.07, 6.45) is -5.03. The van der Waals surface area contributed by atoms with Crippen molar-refractivity contribution in [2.45, 2.75) is 108 Å². The maximum absolute atomic E-state index is 13.2. The number of alkyl halides is 3. The highest BCUT2D eigenvalue weighted by Crippen LogP contribution is 2.62. The number of nitrogens with zero attached hydrogens (tertiary/aromatic N) is 3. The summed E-state index contributed by atoms with van der Waals surface area (Å²) in [5.41, 5.74) is 1.50. The first kappa shape index (κ1) is 38.0. The summed E-state index contributed by atoms with van der Waals surface area (Å²) in [5, 5.41) is 53.3. The summed E-state index contributed by atoms with van der Waals surface area (Å²) in [6.45, 7) is 4.19. The molecule has 0 spiro atoms. The first-order valence-electron chi connectivity index (χ1n) is 18.6. The van der Waals surface area contributed by atoms with Crippen molar-refractivity contribution in [3.05, 3.63) is 76.7 Å². The standard InChI is InChI=1S/C40H45F3N4O7/c1-21-35(50)36(51)37(54-33-7-3-6-31(45-33)40(41,42)43)30(53-21)14-9-24-8-13-29(47-46-24)38(52)44-18-4-5-22-19-23-20-25(48)10-11-26(23)27-16-17-39(2)28(34(22)27)12-15-32(39)49/h3,6-8,10-11,13,20-22,27-28,30,32,34-37,48-51H,4-5,12,15-19H2,1-2H3,(H,44,52)/t21-,22?,27?,28?,30-,32+,34?,35+,36+,37+,39+/m1/s1. The third-order valence-corrected chi connectivity index (χ3v) is 12.2. The lowest BCUT2D eigenvalue weighted by Crippen LogP contribution is -2.58. The minimum Gasteiger partial charge on any atom is -0.508 e. The van der Waals surface area contributed by atoms with Crippen LogP contribution in [0.2, 0.25) is 0 Å². The number of halogens is 3. The molecule has 0 radical (unpaired) electrons. The molecular formula is C40H45F3N4O7. The van der Waals surface area contributed by atoms with Crippen LogP contribution in [0.15, 0.2) is 48.5 Å². The van der Waals surface area contributed by atoms with Gasteiger partial charge in [0.05, 0.1) is 12.2 Å². The molecule has 11 atom stereocenters. The van der Waals surface area contributed by atoms with E-state index in [-0.39, 0.29) is 28.7 Å². The Hall–Kier alpha value is -4.29. The molecule has 54 heavy (non-hydrogen) atoms. The summed E-state index contributed by atoms with van der Waals surface area (Å²) < 4.78 is 50.9.